The van der Waals surface area contributed by atoms with E-state index in [2.05, 4.69) is 29.4 Å². The van der Waals surface area contributed by atoms with E-state index < -0.39 is 0 Å². The molecule has 1 atom stereocenters. The van der Waals surface area contributed by atoms with Gasteiger partial charge in [-0.25, -0.2) is 0 Å². The van der Waals surface area contributed by atoms with Gasteiger partial charge in [-0.3, -0.25) is 4.79 Å². The molecule has 5 heteroatoms. The summed E-state index contributed by atoms with van der Waals surface area (Å²) < 4.78 is 5.55. The highest BCUT2D eigenvalue weighted by Crippen LogP contribution is 2.28. The van der Waals surface area contributed by atoms with Crippen LogP contribution in [0.3, 0.4) is 0 Å². The van der Waals surface area contributed by atoms with Crippen molar-refractivity contribution in [2.45, 2.75) is 33.2 Å². The van der Waals surface area contributed by atoms with Gasteiger partial charge in [0.05, 0.1) is 11.7 Å². The third-order valence-corrected chi connectivity index (χ3v) is 4.33. The topological polar surface area (TPSA) is 53.6 Å². The van der Waals surface area contributed by atoms with E-state index in [0.29, 0.717) is 6.61 Å². The molecule has 2 rings (SSSR count). The fourth-order valence-corrected chi connectivity index (χ4v) is 2.80. The van der Waals surface area contributed by atoms with E-state index in [1.165, 1.54) is 0 Å². The SMILES string of the molecule is CCN(CC)CCCNC(C)C(=O)c1ccc2c(c1)NCCO2. The molecule has 0 amide bonds. The number of carbonyl (C=O) groups excluding carboxylic acids is 1. The molecule has 2 N–H and O–H groups in total. The van der Waals surface area contributed by atoms with Crippen LogP contribution in [0.25, 0.3) is 0 Å². The first kappa shape index (κ1) is 17.8. The maximum absolute atomic E-state index is 12.5. The van der Waals surface area contributed by atoms with Gasteiger partial charge in [0.15, 0.2) is 5.78 Å². The largest absolute Gasteiger partial charge is 0.490 e. The van der Waals surface area contributed by atoms with Crippen LogP contribution in [0.2, 0.25) is 0 Å². The van der Waals surface area contributed by atoms with E-state index in [0.717, 1.165) is 56.1 Å². The Labute approximate surface area is 139 Å². The minimum absolute atomic E-state index is 0.128. The van der Waals surface area contributed by atoms with Crippen molar-refractivity contribution in [3.05, 3.63) is 23.8 Å². The highest BCUT2D eigenvalue weighted by molar-refractivity contribution is 6.01. The Hall–Kier alpha value is -1.59. The summed E-state index contributed by atoms with van der Waals surface area (Å²) >= 11 is 0. The lowest BCUT2D eigenvalue weighted by Gasteiger charge is -2.21. The molecule has 1 aromatic rings. The number of hydrogen-bond acceptors (Lipinski definition) is 5. The first-order chi connectivity index (χ1) is 11.2. The van der Waals surface area contributed by atoms with Crippen molar-refractivity contribution in [2.24, 2.45) is 0 Å². The number of nitrogens with zero attached hydrogens (tertiary/aromatic N) is 1. The zero-order chi connectivity index (χ0) is 16.7. The number of fused-ring (bicyclic) bond motifs is 1. The fraction of sp³-hybridized carbons (Fsp3) is 0.611. The molecule has 1 unspecified atom stereocenters. The monoisotopic (exact) mass is 319 g/mol. The van der Waals surface area contributed by atoms with Crippen LogP contribution < -0.4 is 15.4 Å². The van der Waals surface area contributed by atoms with E-state index in [1.54, 1.807) is 0 Å². The zero-order valence-corrected chi connectivity index (χ0v) is 14.5. The van der Waals surface area contributed by atoms with Crippen molar-refractivity contribution in [2.75, 3.05) is 44.6 Å². The number of hydrogen-bond donors (Lipinski definition) is 2. The lowest BCUT2D eigenvalue weighted by molar-refractivity contribution is 0.0950. The number of carbonyl (C=O) groups is 1. The van der Waals surface area contributed by atoms with Crippen molar-refractivity contribution >= 4 is 11.5 Å². The summed E-state index contributed by atoms with van der Waals surface area (Å²) in [5.41, 5.74) is 1.64. The van der Waals surface area contributed by atoms with Crippen LogP contribution in [0.5, 0.6) is 5.75 Å². The molecule has 0 saturated carbocycles. The molecule has 0 aromatic heterocycles. The molecule has 0 radical (unpaired) electrons. The summed E-state index contributed by atoms with van der Waals surface area (Å²) in [5, 5.41) is 6.61. The first-order valence-electron chi connectivity index (χ1n) is 8.66. The summed E-state index contributed by atoms with van der Waals surface area (Å²) in [5.74, 6) is 0.954. The summed E-state index contributed by atoms with van der Waals surface area (Å²) in [4.78, 5) is 14.9. The van der Waals surface area contributed by atoms with Crippen LogP contribution in [0.15, 0.2) is 18.2 Å². The summed E-state index contributed by atoms with van der Waals surface area (Å²) in [6.45, 7) is 11.8. The van der Waals surface area contributed by atoms with Gasteiger partial charge >= 0.3 is 0 Å². The quantitative estimate of drug-likeness (QED) is 0.541. The molecule has 1 aromatic carbocycles. The minimum Gasteiger partial charge on any atom is -0.490 e. The van der Waals surface area contributed by atoms with E-state index in [-0.39, 0.29) is 11.8 Å². The molecule has 1 heterocycles. The minimum atomic E-state index is -0.172. The number of anilines is 1. The Morgan fingerprint density at radius 3 is 2.91 bits per heavy atom. The Bertz CT molecular complexity index is 515. The van der Waals surface area contributed by atoms with E-state index in [4.69, 9.17) is 4.74 Å². The Balaban J connectivity index is 1.82. The van der Waals surface area contributed by atoms with Crippen LogP contribution in [0, 0.1) is 0 Å². The molecular formula is C18H29N3O2. The maximum Gasteiger partial charge on any atom is 0.179 e. The number of rotatable bonds is 9. The summed E-state index contributed by atoms with van der Waals surface area (Å²) in [6.07, 6.45) is 1.05. The van der Waals surface area contributed by atoms with Crippen molar-refractivity contribution in [3.8, 4) is 5.75 Å². The van der Waals surface area contributed by atoms with Crippen LogP contribution in [0.1, 0.15) is 37.6 Å². The molecule has 0 spiro atoms. The first-order valence-corrected chi connectivity index (χ1v) is 8.66. The second-order valence-corrected chi connectivity index (χ2v) is 5.91. The predicted molar refractivity (Wildman–Crippen MR) is 94.6 cm³/mol. The average molecular weight is 319 g/mol. The number of ether oxygens (including phenoxy) is 1. The number of nitrogens with one attached hydrogen (secondary N) is 2. The lowest BCUT2D eigenvalue weighted by atomic mass is 10.0. The van der Waals surface area contributed by atoms with Crippen molar-refractivity contribution < 1.29 is 9.53 Å². The van der Waals surface area contributed by atoms with Gasteiger partial charge in [-0.05, 0) is 57.7 Å². The van der Waals surface area contributed by atoms with Gasteiger partial charge in [0.1, 0.15) is 12.4 Å². The Morgan fingerprint density at radius 1 is 1.39 bits per heavy atom. The molecule has 23 heavy (non-hydrogen) atoms. The van der Waals surface area contributed by atoms with Gasteiger partial charge in [0.2, 0.25) is 0 Å². The van der Waals surface area contributed by atoms with E-state index >= 15 is 0 Å². The average Bonchev–Trinajstić information content (AvgIpc) is 2.60. The van der Waals surface area contributed by atoms with Crippen LogP contribution in [-0.2, 0) is 0 Å². The van der Waals surface area contributed by atoms with Gasteiger partial charge < -0.3 is 20.3 Å². The zero-order valence-electron chi connectivity index (χ0n) is 14.5. The second-order valence-electron chi connectivity index (χ2n) is 5.91. The molecule has 1 aliphatic heterocycles. The fourth-order valence-electron chi connectivity index (χ4n) is 2.80. The molecule has 0 saturated heterocycles. The van der Waals surface area contributed by atoms with Crippen LogP contribution >= 0.6 is 0 Å². The smallest absolute Gasteiger partial charge is 0.179 e. The molecule has 128 valence electrons. The van der Waals surface area contributed by atoms with Crippen molar-refractivity contribution in [1.29, 1.82) is 0 Å². The Morgan fingerprint density at radius 2 is 2.17 bits per heavy atom. The van der Waals surface area contributed by atoms with Crippen LogP contribution in [0.4, 0.5) is 5.69 Å². The number of ketones is 1. The summed E-state index contributed by atoms with van der Waals surface area (Å²) in [7, 11) is 0. The van der Waals surface area contributed by atoms with Crippen molar-refractivity contribution in [1.82, 2.24) is 10.2 Å². The standard InChI is InChI=1S/C18H29N3O2/c1-4-21(5-2)11-6-9-19-14(3)18(22)15-7-8-17-16(13-15)20-10-12-23-17/h7-8,13-14,19-20H,4-6,9-12H2,1-3H3. The van der Waals surface area contributed by atoms with Crippen LogP contribution in [-0.4, -0.2) is 56.1 Å². The third-order valence-electron chi connectivity index (χ3n) is 4.33. The van der Waals surface area contributed by atoms with Gasteiger partial charge in [-0.1, -0.05) is 13.8 Å². The highest BCUT2D eigenvalue weighted by atomic mass is 16.5. The van der Waals surface area contributed by atoms with E-state index in [1.807, 2.05) is 25.1 Å². The normalized spacial score (nSPS) is 14.8. The Kier molecular flexibility index (Phi) is 6.86. The van der Waals surface area contributed by atoms with Gasteiger partial charge in [0, 0.05) is 12.1 Å². The van der Waals surface area contributed by atoms with Gasteiger partial charge in [-0.15, -0.1) is 0 Å². The molecule has 0 aliphatic carbocycles. The third kappa shape index (κ3) is 4.94. The maximum atomic E-state index is 12.5. The molecule has 1 aliphatic rings. The number of Topliss-reactive ketones (excluding diaryl/α,β-unsaturated/α-hetero) is 1. The summed E-state index contributed by atoms with van der Waals surface area (Å²) in [6, 6.07) is 5.45. The number of benzene rings is 1. The molecule has 5 nitrogen and oxygen atoms in total. The van der Waals surface area contributed by atoms with E-state index in [9.17, 15) is 4.79 Å². The molecule has 0 fully saturated rings. The van der Waals surface area contributed by atoms with Crippen molar-refractivity contribution in [3.63, 3.8) is 0 Å². The second kappa shape index (κ2) is 8.89. The molecule has 0 bridgehead atoms. The highest BCUT2D eigenvalue weighted by Gasteiger charge is 2.17. The molecular weight excluding hydrogens is 290 g/mol. The van der Waals surface area contributed by atoms with Gasteiger partial charge in [0.25, 0.3) is 0 Å². The van der Waals surface area contributed by atoms with Gasteiger partial charge in [-0.2, -0.15) is 0 Å². The lowest BCUT2D eigenvalue weighted by Crippen LogP contribution is -2.36. The predicted octanol–water partition coefficient (Wildman–Crippen LogP) is 2.38.